The van der Waals surface area contributed by atoms with Crippen LogP contribution in [0.5, 0.6) is 0 Å². The van der Waals surface area contributed by atoms with Crippen LogP contribution >= 0.6 is 23.4 Å². The van der Waals surface area contributed by atoms with Gasteiger partial charge in [0.25, 0.3) is 5.56 Å². The number of aryl methyl sites for hydroxylation is 1. The van der Waals surface area contributed by atoms with Crippen LogP contribution in [0.25, 0.3) is 22.2 Å². The highest BCUT2D eigenvalue weighted by molar-refractivity contribution is 7.99. The second-order valence-corrected chi connectivity index (χ2v) is 9.39. The van der Waals surface area contributed by atoms with Crippen molar-refractivity contribution in [3.05, 3.63) is 81.7 Å². The summed E-state index contributed by atoms with van der Waals surface area (Å²) in [5.41, 5.74) is 3.82. The molecule has 1 N–H and O–H groups in total. The second kappa shape index (κ2) is 9.85. The predicted molar refractivity (Wildman–Crippen MR) is 135 cm³/mol. The van der Waals surface area contributed by atoms with Gasteiger partial charge < -0.3 is 9.88 Å². The van der Waals surface area contributed by atoms with Gasteiger partial charge in [-0.2, -0.15) is 0 Å². The average molecular weight is 481 g/mol. The maximum Gasteiger partial charge on any atom is 0.278 e. The number of benzene rings is 2. The molecule has 4 rings (SSSR count). The largest absolute Gasteiger partial charge is 0.351 e. The number of rotatable bonds is 7. The third kappa shape index (κ3) is 4.84. The van der Waals surface area contributed by atoms with Crippen molar-refractivity contribution in [2.24, 2.45) is 7.05 Å². The number of amides is 1. The molecule has 4 aromatic rings. The number of aromatic nitrogens is 3. The number of carbonyl (C=O) groups excluding carboxylic acids is 1. The molecule has 0 saturated heterocycles. The van der Waals surface area contributed by atoms with Crippen molar-refractivity contribution in [1.29, 1.82) is 0 Å². The fourth-order valence-electron chi connectivity index (χ4n) is 3.73. The summed E-state index contributed by atoms with van der Waals surface area (Å²) >= 11 is 7.43. The smallest absolute Gasteiger partial charge is 0.278 e. The number of carbonyl (C=O) groups is 1. The molecule has 2 aromatic heterocycles. The van der Waals surface area contributed by atoms with Crippen LogP contribution in [0, 0.1) is 0 Å². The van der Waals surface area contributed by atoms with E-state index < -0.39 is 0 Å². The Bertz CT molecular complexity index is 1360. The zero-order valence-electron chi connectivity index (χ0n) is 18.7. The highest BCUT2D eigenvalue weighted by Gasteiger charge is 2.20. The second-order valence-electron chi connectivity index (χ2n) is 8.04. The topological polar surface area (TPSA) is 68.9 Å². The Morgan fingerprint density at radius 3 is 2.52 bits per heavy atom. The molecule has 33 heavy (non-hydrogen) atoms. The van der Waals surface area contributed by atoms with Crippen LogP contribution < -0.4 is 10.9 Å². The summed E-state index contributed by atoms with van der Waals surface area (Å²) in [5.74, 6) is -0.0104. The molecule has 0 spiro atoms. The molecule has 8 heteroatoms. The Morgan fingerprint density at radius 1 is 1.12 bits per heavy atom. The van der Waals surface area contributed by atoms with Crippen LogP contribution in [0.2, 0.25) is 5.02 Å². The molecule has 170 valence electrons. The highest BCUT2D eigenvalue weighted by atomic mass is 35.5. The van der Waals surface area contributed by atoms with E-state index in [-0.39, 0.29) is 23.3 Å². The first-order valence-electron chi connectivity index (χ1n) is 10.7. The number of nitrogens with zero attached hydrogens (tertiary/aromatic N) is 3. The molecule has 0 radical (unpaired) electrons. The summed E-state index contributed by atoms with van der Waals surface area (Å²) in [6.07, 6.45) is 1.93. The Labute approximate surface area is 201 Å². The lowest BCUT2D eigenvalue weighted by Crippen LogP contribution is -2.28. The van der Waals surface area contributed by atoms with Crippen molar-refractivity contribution >= 4 is 40.3 Å². The molecule has 2 heterocycles. The molecule has 0 aliphatic heterocycles. The van der Waals surface area contributed by atoms with Crippen LogP contribution in [0.3, 0.4) is 0 Å². The quantitative estimate of drug-likeness (QED) is 0.297. The fourth-order valence-corrected chi connectivity index (χ4v) is 4.89. The third-order valence-electron chi connectivity index (χ3n) is 5.36. The van der Waals surface area contributed by atoms with Crippen LogP contribution in [-0.2, 0) is 18.4 Å². The first-order valence-corrected chi connectivity index (χ1v) is 12.0. The number of nitrogens with one attached hydrogen (secondary N) is 1. The van der Waals surface area contributed by atoms with Gasteiger partial charge in [0.05, 0.1) is 5.75 Å². The molecule has 1 amide bonds. The fraction of sp³-hybridized carbons (Fsp3) is 0.240. The Morgan fingerprint density at radius 2 is 1.82 bits per heavy atom. The van der Waals surface area contributed by atoms with Crippen molar-refractivity contribution in [2.45, 2.75) is 31.6 Å². The van der Waals surface area contributed by atoms with E-state index in [2.05, 4.69) is 5.32 Å². The molecule has 0 saturated carbocycles. The maximum atomic E-state index is 13.4. The Hall–Kier alpha value is -3.03. The molecular weight excluding hydrogens is 456 g/mol. The zero-order valence-corrected chi connectivity index (χ0v) is 20.3. The van der Waals surface area contributed by atoms with E-state index in [0.717, 1.165) is 16.7 Å². The molecule has 2 aromatic carbocycles. The number of thioether (sulfide) groups is 1. The normalized spacial score (nSPS) is 11.3. The summed E-state index contributed by atoms with van der Waals surface area (Å²) in [6.45, 7) is 4.23. The van der Waals surface area contributed by atoms with Crippen LogP contribution in [0.1, 0.15) is 25.5 Å². The lowest BCUT2D eigenvalue weighted by atomic mass is 10.1. The summed E-state index contributed by atoms with van der Waals surface area (Å²) in [5, 5.41) is 4.03. The minimum atomic E-state index is -0.152. The van der Waals surface area contributed by atoms with Gasteiger partial charge in [0, 0.05) is 36.4 Å². The van der Waals surface area contributed by atoms with Crippen LogP contribution in [0.15, 0.2) is 70.7 Å². The van der Waals surface area contributed by atoms with Crippen molar-refractivity contribution in [3.8, 4) is 11.1 Å². The van der Waals surface area contributed by atoms with E-state index in [4.69, 9.17) is 16.6 Å². The Balaban J connectivity index is 1.63. The molecule has 0 aliphatic carbocycles. The number of hydrogen-bond acceptors (Lipinski definition) is 4. The molecule has 0 bridgehead atoms. The monoisotopic (exact) mass is 480 g/mol. The number of fused-ring (bicyclic) bond motifs is 1. The first kappa shape index (κ1) is 23.1. The summed E-state index contributed by atoms with van der Waals surface area (Å²) in [7, 11) is 1.86. The van der Waals surface area contributed by atoms with E-state index in [0.29, 0.717) is 27.8 Å². The summed E-state index contributed by atoms with van der Waals surface area (Å²) in [6, 6.07) is 17.2. The number of hydrogen-bond donors (Lipinski definition) is 1. The van der Waals surface area contributed by atoms with Crippen LogP contribution in [-0.4, -0.2) is 25.8 Å². The first-order chi connectivity index (χ1) is 15.9. The van der Waals surface area contributed by atoms with Crippen molar-refractivity contribution in [2.75, 3.05) is 5.75 Å². The van der Waals surface area contributed by atoms with Crippen molar-refractivity contribution in [3.63, 3.8) is 0 Å². The standard InChI is InChI=1S/C25H25ClN4O2S/c1-16(2)30-24(32)23-22(19(14-29(23)3)17-9-5-4-6-10-17)28-25(30)33-15-21(31)27-13-18-11-7-8-12-20(18)26/h4-12,14,16H,13,15H2,1-3H3,(H,27,31). The maximum absolute atomic E-state index is 13.4. The zero-order chi connectivity index (χ0) is 23.5. The Kier molecular flexibility index (Phi) is 6.91. The SMILES string of the molecule is CC(C)n1c(SCC(=O)NCc2ccccc2Cl)nc2c(-c3ccccc3)cn(C)c2c1=O. The molecule has 0 fully saturated rings. The van der Waals surface area contributed by atoms with Crippen molar-refractivity contribution in [1.82, 2.24) is 19.4 Å². The van der Waals surface area contributed by atoms with Gasteiger partial charge in [-0.25, -0.2) is 4.98 Å². The molecular formula is C25H25ClN4O2S. The van der Waals surface area contributed by atoms with Gasteiger partial charge in [-0.05, 0) is 31.0 Å². The minimum Gasteiger partial charge on any atom is -0.351 e. The molecule has 6 nitrogen and oxygen atoms in total. The average Bonchev–Trinajstić information content (AvgIpc) is 3.14. The van der Waals surface area contributed by atoms with E-state index in [1.165, 1.54) is 11.8 Å². The van der Waals surface area contributed by atoms with Crippen LogP contribution in [0.4, 0.5) is 0 Å². The molecule has 0 unspecified atom stereocenters. The lowest BCUT2D eigenvalue weighted by molar-refractivity contribution is -0.118. The van der Waals surface area contributed by atoms with Crippen molar-refractivity contribution < 1.29 is 4.79 Å². The highest BCUT2D eigenvalue weighted by Crippen LogP contribution is 2.30. The van der Waals surface area contributed by atoms with E-state index in [9.17, 15) is 9.59 Å². The minimum absolute atomic E-state index is 0.0989. The number of halogens is 1. The van der Waals surface area contributed by atoms with E-state index in [1.807, 2.05) is 80.2 Å². The van der Waals surface area contributed by atoms with Gasteiger partial charge in [-0.15, -0.1) is 0 Å². The van der Waals surface area contributed by atoms with Gasteiger partial charge in [-0.3, -0.25) is 14.2 Å². The van der Waals surface area contributed by atoms with Gasteiger partial charge >= 0.3 is 0 Å². The van der Waals surface area contributed by atoms with Gasteiger partial charge in [0.15, 0.2) is 5.16 Å². The lowest BCUT2D eigenvalue weighted by Gasteiger charge is -2.16. The van der Waals surface area contributed by atoms with E-state index in [1.54, 1.807) is 10.6 Å². The van der Waals surface area contributed by atoms with E-state index >= 15 is 0 Å². The molecule has 0 atom stereocenters. The summed E-state index contributed by atoms with van der Waals surface area (Å²) in [4.78, 5) is 30.8. The third-order valence-corrected chi connectivity index (χ3v) is 6.68. The molecule has 0 aliphatic rings. The summed E-state index contributed by atoms with van der Waals surface area (Å²) < 4.78 is 3.49. The van der Waals surface area contributed by atoms with Gasteiger partial charge in [0.2, 0.25) is 5.91 Å². The predicted octanol–water partition coefficient (Wildman–Crippen LogP) is 5.04. The van der Waals surface area contributed by atoms with Gasteiger partial charge in [-0.1, -0.05) is 71.9 Å². The van der Waals surface area contributed by atoms with Gasteiger partial charge in [0.1, 0.15) is 11.0 Å².